The molecule has 0 aliphatic rings. The van der Waals surface area contributed by atoms with Crippen LogP contribution in [0.4, 0.5) is 14.5 Å². The van der Waals surface area contributed by atoms with Gasteiger partial charge in [0, 0.05) is 11.6 Å². The number of aliphatic carboxylic acids is 1. The van der Waals surface area contributed by atoms with Gasteiger partial charge < -0.3 is 24.3 Å². The number of methoxy groups -OCH3 is 1. The first-order valence-electron chi connectivity index (χ1n) is 7.04. The van der Waals surface area contributed by atoms with Crippen molar-refractivity contribution in [2.75, 3.05) is 12.4 Å². The smallest absolute Gasteiger partial charge is 0.387 e. The van der Waals surface area contributed by atoms with Gasteiger partial charge >= 0.3 is 12.6 Å². The molecule has 0 unspecified atom stereocenters. The number of alkyl halides is 2. The van der Waals surface area contributed by atoms with Gasteiger partial charge in [0.1, 0.15) is 23.7 Å². The Morgan fingerprint density at radius 1 is 1.36 bits per heavy atom. The molecule has 0 saturated carbocycles. The third-order valence-corrected chi connectivity index (χ3v) is 3.24. The first kappa shape index (κ1) is 18.2. The van der Waals surface area contributed by atoms with Gasteiger partial charge in [0.05, 0.1) is 24.6 Å². The monoisotopic (exact) mass is 355 g/mol. The Hall–Kier alpha value is -3.10. The molecule has 134 valence electrons. The van der Waals surface area contributed by atoms with Crippen LogP contribution in [0.1, 0.15) is 21.7 Å². The Morgan fingerprint density at radius 3 is 2.68 bits per heavy atom. The lowest BCUT2D eigenvalue weighted by Crippen LogP contribution is -2.17. The normalized spacial score (nSPS) is 10.6. The molecule has 0 radical (unpaired) electrons. The standard InChI is InChI=1S/C16H15F2NO6/c1-8-7-24-12(6-13(20)21)14(8)15(22)19-10-5-9(23-2)3-4-11(10)25-16(17)18/h3-5,7,16H,6H2,1-2H3,(H,19,22)(H,20,21). The summed E-state index contributed by atoms with van der Waals surface area (Å²) < 4.78 is 39.5. The molecule has 0 bridgehead atoms. The van der Waals surface area contributed by atoms with Crippen molar-refractivity contribution in [1.82, 2.24) is 0 Å². The average Bonchev–Trinajstić information content (AvgIpc) is 2.88. The van der Waals surface area contributed by atoms with Crippen LogP contribution in [0.25, 0.3) is 0 Å². The van der Waals surface area contributed by atoms with E-state index in [1.54, 1.807) is 6.92 Å². The molecule has 2 aromatic rings. The van der Waals surface area contributed by atoms with Gasteiger partial charge in [-0.1, -0.05) is 0 Å². The maximum absolute atomic E-state index is 12.5. The van der Waals surface area contributed by atoms with Gasteiger partial charge in [-0.2, -0.15) is 8.78 Å². The second-order valence-corrected chi connectivity index (χ2v) is 4.98. The molecule has 7 nitrogen and oxygen atoms in total. The Bertz CT molecular complexity index is 787. The summed E-state index contributed by atoms with van der Waals surface area (Å²) in [6.07, 6.45) is 0.754. The first-order valence-corrected chi connectivity index (χ1v) is 7.04. The zero-order valence-corrected chi connectivity index (χ0v) is 13.3. The lowest BCUT2D eigenvalue weighted by atomic mass is 10.1. The molecule has 9 heteroatoms. The third-order valence-electron chi connectivity index (χ3n) is 3.24. The lowest BCUT2D eigenvalue weighted by Gasteiger charge is -2.13. The Labute approximate surface area is 141 Å². The SMILES string of the molecule is COc1ccc(OC(F)F)c(NC(=O)c2c(C)coc2CC(=O)O)c1. The summed E-state index contributed by atoms with van der Waals surface area (Å²) in [4.78, 5) is 23.3. The molecule has 0 aliphatic heterocycles. The number of anilines is 1. The minimum absolute atomic E-state index is 0.0215. The van der Waals surface area contributed by atoms with Crippen molar-refractivity contribution in [2.45, 2.75) is 20.0 Å². The molecule has 0 saturated heterocycles. The molecule has 0 fully saturated rings. The molecule has 25 heavy (non-hydrogen) atoms. The summed E-state index contributed by atoms with van der Waals surface area (Å²) in [6, 6.07) is 3.93. The number of aryl methyl sites for hydroxylation is 1. The van der Waals surface area contributed by atoms with Crippen molar-refractivity contribution >= 4 is 17.6 Å². The van der Waals surface area contributed by atoms with Crippen molar-refractivity contribution < 1.29 is 37.4 Å². The number of carboxylic acids is 1. The highest BCUT2D eigenvalue weighted by Gasteiger charge is 2.22. The molecular weight excluding hydrogens is 340 g/mol. The molecule has 1 amide bonds. The van der Waals surface area contributed by atoms with Crippen LogP contribution in [-0.4, -0.2) is 30.7 Å². The zero-order chi connectivity index (χ0) is 18.6. The summed E-state index contributed by atoms with van der Waals surface area (Å²) in [7, 11) is 1.37. The van der Waals surface area contributed by atoms with Crippen molar-refractivity contribution in [2.24, 2.45) is 0 Å². The number of amides is 1. The number of carbonyl (C=O) groups excluding carboxylic acids is 1. The van der Waals surface area contributed by atoms with E-state index < -0.39 is 24.9 Å². The topological polar surface area (TPSA) is 98.0 Å². The molecule has 1 aromatic carbocycles. The van der Waals surface area contributed by atoms with Gasteiger partial charge in [-0.05, 0) is 19.1 Å². The highest BCUT2D eigenvalue weighted by atomic mass is 19.3. The van der Waals surface area contributed by atoms with E-state index in [-0.39, 0.29) is 22.8 Å². The minimum atomic E-state index is -3.08. The molecule has 0 atom stereocenters. The number of halogens is 2. The predicted molar refractivity (Wildman–Crippen MR) is 82.4 cm³/mol. The van der Waals surface area contributed by atoms with Crippen LogP contribution in [0.3, 0.4) is 0 Å². The van der Waals surface area contributed by atoms with Crippen molar-refractivity contribution in [3.63, 3.8) is 0 Å². The number of hydrogen-bond acceptors (Lipinski definition) is 5. The Morgan fingerprint density at radius 2 is 2.08 bits per heavy atom. The van der Waals surface area contributed by atoms with E-state index in [1.807, 2.05) is 0 Å². The second-order valence-electron chi connectivity index (χ2n) is 4.98. The van der Waals surface area contributed by atoms with Crippen LogP contribution in [0.2, 0.25) is 0 Å². The average molecular weight is 355 g/mol. The molecular formula is C16H15F2NO6. The first-order chi connectivity index (χ1) is 11.8. The highest BCUT2D eigenvalue weighted by molar-refractivity contribution is 6.07. The molecule has 1 aromatic heterocycles. The van der Waals surface area contributed by atoms with E-state index in [0.717, 1.165) is 0 Å². The summed E-state index contributed by atoms with van der Waals surface area (Å²) >= 11 is 0. The van der Waals surface area contributed by atoms with E-state index in [1.165, 1.54) is 31.6 Å². The number of ether oxygens (including phenoxy) is 2. The number of furan rings is 1. The maximum Gasteiger partial charge on any atom is 0.387 e. The van der Waals surface area contributed by atoms with Crippen LogP contribution in [0.5, 0.6) is 11.5 Å². The summed E-state index contributed by atoms with van der Waals surface area (Å²) in [5.74, 6) is -1.88. The van der Waals surface area contributed by atoms with E-state index in [2.05, 4.69) is 10.1 Å². The van der Waals surface area contributed by atoms with Crippen LogP contribution in [0.15, 0.2) is 28.9 Å². The van der Waals surface area contributed by atoms with Gasteiger partial charge in [-0.25, -0.2) is 0 Å². The van der Waals surface area contributed by atoms with Crippen LogP contribution in [-0.2, 0) is 11.2 Å². The number of nitrogens with one attached hydrogen (secondary N) is 1. The molecule has 0 aliphatic carbocycles. The molecule has 2 rings (SSSR count). The number of carboxylic acid groups (broad SMARTS) is 1. The largest absolute Gasteiger partial charge is 0.497 e. The minimum Gasteiger partial charge on any atom is -0.497 e. The fraction of sp³-hybridized carbons (Fsp3) is 0.250. The quantitative estimate of drug-likeness (QED) is 0.792. The van der Waals surface area contributed by atoms with Gasteiger partial charge in [0.25, 0.3) is 5.91 Å². The van der Waals surface area contributed by atoms with Crippen molar-refractivity contribution in [3.8, 4) is 11.5 Å². The molecule has 1 heterocycles. The van der Waals surface area contributed by atoms with Crippen molar-refractivity contribution in [3.05, 3.63) is 41.3 Å². The lowest BCUT2D eigenvalue weighted by molar-refractivity contribution is -0.136. The van der Waals surface area contributed by atoms with Crippen LogP contribution in [0, 0.1) is 6.92 Å². The number of hydrogen-bond donors (Lipinski definition) is 2. The van der Waals surface area contributed by atoms with Gasteiger partial charge in [0.2, 0.25) is 0 Å². The van der Waals surface area contributed by atoms with E-state index >= 15 is 0 Å². The van der Waals surface area contributed by atoms with Crippen molar-refractivity contribution in [1.29, 1.82) is 0 Å². The van der Waals surface area contributed by atoms with E-state index in [4.69, 9.17) is 14.3 Å². The van der Waals surface area contributed by atoms with Gasteiger partial charge in [0.15, 0.2) is 0 Å². The van der Waals surface area contributed by atoms with Crippen LogP contribution >= 0.6 is 0 Å². The van der Waals surface area contributed by atoms with E-state index in [0.29, 0.717) is 11.3 Å². The Kier molecular flexibility index (Phi) is 5.58. The molecule has 0 spiro atoms. The Balaban J connectivity index is 2.34. The third kappa shape index (κ3) is 4.46. The molecule has 2 N–H and O–H groups in total. The highest BCUT2D eigenvalue weighted by Crippen LogP contribution is 2.31. The number of rotatable bonds is 7. The fourth-order valence-corrected chi connectivity index (χ4v) is 2.19. The number of carbonyl (C=O) groups is 2. The predicted octanol–water partition coefficient (Wildman–Crippen LogP) is 3.08. The fourth-order valence-electron chi connectivity index (χ4n) is 2.19. The van der Waals surface area contributed by atoms with Gasteiger partial charge in [-0.3, -0.25) is 9.59 Å². The second kappa shape index (κ2) is 7.65. The van der Waals surface area contributed by atoms with Gasteiger partial charge in [-0.15, -0.1) is 0 Å². The maximum atomic E-state index is 12.5. The zero-order valence-electron chi connectivity index (χ0n) is 13.3. The summed E-state index contributed by atoms with van der Waals surface area (Å²) in [6.45, 7) is -1.52. The number of benzene rings is 1. The summed E-state index contributed by atoms with van der Waals surface area (Å²) in [5.41, 5.74) is 0.382. The summed E-state index contributed by atoms with van der Waals surface area (Å²) in [5, 5.41) is 11.3. The van der Waals surface area contributed by atoms with E-state index in [9.17, 15) is 18.4 Å². The van der Waals surface area contributed by atoms with Crippen LogP contribution < -0.4 is 14.8 Å².